The Morgan fingerprint density at radius 3 is 2.25 bits per heavy atom. The molecular weight excluding hydrogens is 308 g/mol. The first-order valence-corrected chi connectivity index (χ1v) is 8.40. The van der Waals surface area contributed by atoms with Gasteiger partial charge in [0.1, 0.15) is 0 Å². The summed E-state index contributed by atoms with van der Waals surface area (Å²) in [6, 6.07) is 6.83. The first-order chi connectivity index (χ1) is 11.5. The lowest BCUT2D eigenvalue weighted by Crippen LogP contribution is -2.47. The molecule has 2 amide bonds. The molecule has 2 atom stereocenters. The van der Waals surface area contributed by atoms with Gasteiger partial charge < -0.3 is 15.3 Å². The van der Waals surface area contributed by atoms with Gasteiger partial charge in [-0.2, -0.15) is 0 Å². The van der Waals surface area contributed by atoms with Crippen LogP contribution in [0, 0.1) is 11.8 Å². The number of nitrogens with one attached hydrogen (secondary N) is 1. The van der Waals surface area contributed by atoms with Gasteiger partial charge in [0.05, 0.1) is 5.92 Å². The van der Waals surface area contributed by atoms with Crippen LogP contribution in [0.4, 0.5) is 5.69 Å². The molecule has 0 bridgehead atoms. The molecule has 1 heterocycles. The van der Waals surface area contributed by atoms with E-state index in [0.717, 1.165) is 12.8 Å². The zero-order valence-corrected chi connectivity index (χ0v) is 13.7. The van der Waals surface area contributed by atoms with Crippen LogP contribution in [0.3, 0.4) is 0 Å². The summed E-state index contributed by atoms with van der Waals surface area (Å²) >= 11 is 0. The lowest BCUT2D eigenvalue weighted by atomic mass is 9.93. The summed E-state index contributed by atoms with van der Waals surface area (Å²) in [7, 11) is 0. The van der Waals surface area contributed by atoms with Crippen LogP contribution in [-0.2, 0) is 9.59 Å². The third-order valence-electron chi connectivity index (χ3n) is 4.84. The number of likely N-dealkylation sites (tertiary alicyclic amines) is 1. The molecule has 6 heteroatoms. The quantitative estimate of drug-likeness (QED) is 0.887. The van der Waals surface area contributed by atoms with Crippen LogP contribution in [0.25, 0.3) is 0 Å². The molecule has 128 valence electrons. The first-order valence-electron chi connectivity index (χ1n) is 8.40. The number of carbonyl (C=O) groups is 3. The highest BCUT2D eigenvalue weighted by molar-refractivity contribution is 5.97. The van der Waals surface area contributed by atoms with Crippen molar-refractivity contribution in [3.05, 3.63) is 29.8 Å². The van der Waals surface area contributed by atoms with E-state index in [1.807, 2.05) is 6.92 Å². The maximum atomic E-state index is 12.7. The van der Waals surface area contributed by atoms with Gasteiger partial charge in [-0.25, -0.2) is 0 Å². The molecular formula is C18H22N2O4. The van der Waals surface area contributed by atoms with Gasteiger partial charge in [0.15, 0.2) is 0 Å². The SMILES string of the molecule is CC1CCC(C(=O)O)CN1C(=O)c1ccc(NC(=O)C2CC2)cc1. The van der Waals surface area contributed by atoms with Crippen molar-refractivity contribution in [3.8, 4) is 0 Å². The number of piperidine rings is 1. The van der Waals surface area contributed by atoms with Gasteiger partial charge in [-0.15, -0.1) is 0 Å². The summed E-state index contributed by atoms with van der Waals surface area (Å²) in [5, 5.41) is 12.0. The van der Waals surface area contributed by atoms with Crippen molar-refractivity contribution in [2.45, 2.75) is 38.6 Å². The number of hydrogen-bond acceptors (Lipinski definition) is 3. The monoisotopic (exact) mass is 330 g/mol. The molecule has 1 saturated carbocycles. The Balaban J connectivity index is 1.67. The molecule has 24 heavy (non-hydrogen) atoms. The fourth-order valence-electron chi connectivity index (χ4n) is 3.04. The standard InChI is InChI=1S/C18H22N2O4/c1-11-2-3-14(18(23)24)10-20(11)17(22)13-6-8-15(9-7-13)19-16(21)12-4-5-12/h6-9,11-12,14H,2-5,10H2,1H3,(H,19,21)(H,23,24). The number of carbonyl (C=O) groups excluding carboxylic acids is 2. The average Bonchev–Trinajstić information content (AvgIpc) is 3.40. The summed E-state index contributed by atoms with van der Waals surface area (Å²) in [5.41, 5.74) is 1.19. The second-order valence-corrected chi connectivity index (χ2v) is 6.76. The van der Waals surface area contributed by atoms with E-state index in [4.69, 9.17) is 0 Å². The third kappa shape index (κ3) is 3.58. The summed E-state index contributed by atoms with van der Waals surface area (Å²) in [6.45, 7) is 2.19. The van der Waals surface area contributed by atoms with E-state index in [2.05, 4.69) is 5.32 Å². The lowest BCUT2D eigenvalue weighted by molar-refractivity contribution is -0.143. The highest BCUT2D eigenvalue weighted by Gasteiger charge is 2.33. The minimum Gasteiger partial charge on any atom is -0.481 e. The van der Waals surface area contributed by atoms with E-state index in [1.165, 1.54) is 0 Å². The first kappa shape index (κ1) is 16.5. The highest BCUT2D eigenvalue weighted by atomic mass is 16.4. The van der Waals surface area contributed by atoms with Crippen LogP contribution in [0.15, 0.2) is 24.3 Å². The Morgan fingerprint density at radius 1 is 1.04 bits per heavy atom. The van der Waals surface area contributed by atoms with Crippen LogP contribution < -0.4 is 5.32 Å². The van der Waals surface area contributed by atoms with E-state index in [0.29, 0.717) is 24.1 Å². The molecule has 2 fully saturated rings. The van der Waals surface area contributed by atoms with Crippen LogP contribution >= 0.6 is 0 Å². The van der Waals surface area contributed by atoms with Gasteiger partial charge in [0.25, 0.3) is 5.91 Å². The third-order valence-corrected chi connectivity index (χ3v) is 4.84. The summed E-state index contributed by atoms with van der Waals surface area (Å²) < 4.78 is 0. The van der Waals surface area contributed by atoms with Gasteiger partial charge in [0.2, 0.25) is 5.91 Å². The van der Waals surface area contributed by atoms with Crippen molar-refractivity contribution in [1.29, 1.82) is 0 Å². The van der Waals surface area contributed by atoms with Gasteiger partial charge in [-0.1, -0.05) is 0 Å². The molecule has 2 aliphatic rings. The lowest BCUT2D eigenvalue weighted by Gasteiger charge is -2.36. The molecule has 1 aliphatic carbocycles. The Labute approximate surface area is 140 Å². The molecule has 3 rings (SSSR count). The zero-order valence-electron chi connectivity index (χ0n) is 13.7. The fraction of sp³-hybridized carbons (Fsp3) is 0.500. The van der Waals surface area contributed by atoms with Gasteiger partial charge in [0, 0.05) is 29.8 Å². The zero-order chi connectivity index (χ0) is 17.3. The minimum atomic E-state index is -0.849. The molecule has 1 aromatic carbocycles. The number of nitrogens with zero attached hydrogens (tertiary/aromatic N) is 1. The largest absolute Gasteiger partial charge is 0.481 e. The smallest absolute Gasteiger partial charge is 0.308 e. The van der Waals surface area contributed by atoms with Crippen molar-refractivity contribution < 1.29 is 19.5 Å². The predicted octanol–water partition coefficient (Wildman–Crippen LogP) is 2.36. The number of anilines is 1. The molecule has 2 unspecified atom stereocenters. The fourth-order valence-corrected chi connectivity index (χ4v) is 3.04. The second-order valence-electron chi connectivity index (χ2n) is 6.76. The van der Waals surface area contributed by atoms with Gasteiger partial charge >= 0.3 is 5.97 Å². The van der Waals surface area contributed by atoms with Gasteiger partial charge in [-0.05, 0) is 56.9 Å². The van der Waals surface area contributed by atoms with Crippen LogP contribution in [0.1, 0.15) is 43.0 Å². The van der Waals surface area contributed by atoms with E-state index >= 15 is 0 Å². The molecule has 0 radical (unpaired) electrons. The average molecular weight is 330 g/mol. The maximum Gasteiger partial charge on any atom is 0.308 e. The second kappa shape index (κ2) is 6.63. The predicted molar refractivity (Wildman–Crippen MR) is 88.7 cm³/mol. The number of aliphatic carboxylic acids is 1. The number of amides is 2. The summed E-state index contributed by atoms with van der Waals surface area (Å²) in [4.78, 5) is 37.3. The van der Waals surface area contributed by atoms with Crippen LogP contribution in [0.2, 0.25) is 0 Å². The number of benzene rings is 1. The number of hydrogen-bond donors (Lipinski definition) is 2. The Hall–Kier alpha value is -2.37. The van der Waals surface area contributed by atoms with E-state index in [9.17, 15) is 19.5 Å². The number of carboxylic acids is 1. The Kier molecular flexibility index (Phi) is 4.55. The van der Waals surface area contributed by atoms with Crippen LogP contribution in [0.5, 0.6) is 0 Å². The van der Waals surface area contributed by atoms with Crippen molar-refractivity contribution in [3.63, 3.8) is 0 Å². The van der Waals surface area contributed by atoms with Crippen LogP contribution in [-0.4, -0.2) is 40.4 Å². The molecule has 1 aliphatic heterocycles. The summed E-state index contributed by atoms with van der Waals surface area (Å²) in [6.07, 6.45) is 3.19. The van der Waals surface area contributed by atoms with E-state index in [1.54, 1.807) is 29.2 Å². The van der Waals surface area contributed by atoms with Crippen molar-refractivity contribution in [2.75, 3.05) is 11.9 Å². The highest BCUT2D eigenvalue weighted by Crippen LogP contribution is 2.30. The number of carboxylic acid groups (broad SMARTS) is 1. The normalized spacial score (nSPS) is 23.6. The molecule has 0 spiro atoms. The molecule has 0 aromatic heterocycles. The minimum absolute atomic E-state index is 0.0299. The van der Waals surface area contributed by atoms with Crippen molar-refractivity contribution in [2.24, 2.45) is 11.8 Å². The van der Waals surface area contributed by atoms with E-state index < -0.39 is 11.9 Å². The maximum absolute atomic E-state index is 12.7. The molecule has 1 aromatic rings. The molecule has 2 N–H and O–H groups in total. The van der Waals surface area contributed by atoms with Crippen molar-refractivity contribution >= 4 is 23.5 Å². The topological polar surface area (TPSA) is 86.7 Å². The summed E-state index contributed by atoms with van der Waals surface area (Å²) in [5.74, 6) is -1.34. The Morgan fingerprint density at radius 2 is 1.67 bits per heavy atom. The van der Waals surface area contributed by atoms with E-state index in [-0.39, 0.29) is 30.3 Å². The van der Waals surface area contributed by atoms with Crippen molar-refractivity contribution in [1.82, 2.24) is 4.90 Å². The molecule has 1 saturated heterocycles. The molecule has 6 nitrogen and oxygen atoms in total. The number of rotatable bonds is 4. The van der Waals surface area contributed by atoms with Gasteiger partial charge in [-0.3, -0.25) is 14.4 Å². The Bertz CT molecular complexity index is 651.